The van der Waals surface area contributed by atoms with Crippen LogP contribution in [-0.4, -0.2) is 61.9 Å². The van der Waals surface area contributed by atoms with Crippen LogP contribution in [-0.2, 0) is 9.59 Å². The van der Waals surface area contributed by atoms with Crippen LogP contribution >= 0.6 is 0 Å². The number of likely N-dealkylation sites (N-methyl/N-ethyl adjacent to an activating group) is 1. The number of hydrogen-bond acceptors (Lipinski definition) is 4. The summed E-state index contributed by atoms with van der Waals surface area (Å²) >= 11 is 0. The molecule has 126 valence electrons. The van der Waals surface area contributed by atoms with Crippen LogP contribution in [0.1, 0.15) is 18.4 Å². The third-order valence-electron chi connectivity index (χ3n) is 4.85. The van der Waals surface area contributed by atoms with E-state index in [0.717, 1.165) is 12.1 Å². The molecule has 0 aliphatic carbocycles. The molecule has 3 rings (SSSR count). The van der Waals surface area contributed by atoms with Crippen LogP contribution in [0.2, 0.25) is 0 Å². The summed E-state index contributed by atoms with van der Waals surface area (Å²) in [6, 6.07) is 9.26. The molecule has 1 unspecified atom stereocenters. The zero-order valence-corrected chi connectivity index (χ0v) is 14.2. The molecule has 0 N–H and O–H groups in total. The van der Waals surface area contributed by atoms with Gasteiger partial charge in [0.05, 0.1) is 18.2 Å². The van der Waals surface area contributed by atoms with E-state index in [4.69, 9.17) is 5.26 Å². The molecule has 24 heavy (non-hydrogen) atoms. The van der Waals surface area contributed by atoms with Gasteiger partial charge in [-0.15, -0.1) is 0 Å². The molecule has 0 aromatic heterocycles. The van der Waals surface area contributed by atoms with E-state index in [-0.39, 0.29) is 17.2 Å². The van der Waals surface area contributed by atoms with Gasteiger partial charge in [-0.25, -0.2) is 0 Å². The van der Waals surface area contributed by atoms with Crippen molar-refractivity contribution < 1.29 is 9.59 Å². The Kier molecular flexibility index (Phi) is 4.29. The number of anilines is 1. The Labute approximate surface area is 142 Å². The minimum atomic E-state index is -0.151. The van der Waals surface area contributed by atoms with Gasteiger partial charge in [0.1, 0.15) is 0 Å². The molecule has 2 aliphatic rings. The van der Waals surface area contributed by atoms with Crippen LogP contribution in [0.5, 0.6) is 0 Å². The van der Waals surface area contributed by atoms with Crippen molar-refractivity contribution in [1.82, 2.24) is 9.80 Å². The van der Waals surface area contributed by atoms with Crippen molar-refractivity contribution in [2.24, 2.45) is 5.41 Å². The highest BCUT2D eigenvalue weighted by Crippen LogP contribution is 2.41. The van der Waals surface area contributed by atoms with Gasteiger partial charge in [0.25, 0.3) is 0 Å². The van der Waals surface area contributed by atoms with Gasteiger partial charge < -0.3 is 14.7 Å². The largest absolute Gasteiger partial charge is 0.341 e. The highest BCUT2D eigenvalue weighted by molar-refractivity contribution is 5.96. The summed E-state index contributed by atoms with van der Waals surface area (Å²) in [6.07, 6.45) is 1.32. The first-order valence-electron chi connectivity index (χ1n) is 8.15. The Morgan fingerprint density at radius 2 is 2.17 bits per heavy atom. The molecule has 0 bridgehead atoms. The fraction of sp³-hybridized carbons (Fsp3) is 0.500. The lowest BCUT2D eigenvalue weighted by molar-refractivity contribution is -0.131. The van der Waals surface area contributed by atoms with Gasteiger partial charge in [0.2, 0.25) is 11.8 Å². The summed E-state index contributed by atoms with van der Waals surface area (Å²) in [5.41, 5.74) is 1.17. The lowest BCUT2D eigenvalue weighted by atomic mass is 9.86. The Morgan fingerprint density at radius 3 is 2.88 bits per heavy atom. The maximum Gasteiger partial charge on any atom is 0.236 e. The second-order valence-corrected chi connectivity index (χ2v) is 7.12. The second kappa shape index (κ2) is 6.25. The molecule has 2 saturated heterocycles. The fourth-order valence-electron chi connectivity index (χ4n) is 3.67. The predicted molar refractivity (Wildman–Crippen MR) is 90.3 cm³/mol. The van der Waals surface area contributed by atoms with Crippen molar-refractivity contribution in [3.63, 3.8) is 0 Å². The van der Waals surface area contributed by atoms with Crippen LogP contribution in [0, 0.1) is 16.7 Å². The molecule has 2 fully saturated rings. The van der Waals surface area contributed by atoms with E-state index >= 15 is 0 Å². The van der Waals surface area contributed by atoms with E-state index in [1.165, 1.54) is 0 Å². The molecule has 1 atom stereocenters. The smallest absolute Gasteiger partial charge is 0.236 e. The van der Waals surface area contributed by atoms with Gasteiger partial charge in [-0.2, -0.15) is 5.26 Å². The number of rotatable bonds is 3. The molecular weight excluding hydrogens is 304 g/mol. The van der Waals surface area contributed by atoms with E-state index in [1.54, 1.807) is 23.1 Å². The number of hydrogen-bond donors (Lipinski definition) is 0. The van der Waals surface area contributed by atoms with Crippen LogP contribution in [0.3, 0.4) is 0 Å². The molecule has 1 aromatic carbocycles. The molecule has 0 radical (unpaired) electrons. The first-order valence-corrected chi connectivity index (χ1v) is 8.15. The van der Waals surface area contributed by atoms with Gasteiger partial charge in [-0.1, -0.05) is 6.07 Å². The standard InChI is InChI=1S/C18H22N4O2/c1-20(2)11-17(24)21-7-6-18(12-21)9-16(23)22(13-18)15-5-3-4-14(8-15)10-19/h3-5,8H,6-7,9,11-13H2,1-2H3. The highest BCUT2D eigenvalue weighted by Gasteiger charge is 2.48. The molecule has 0 saturated carbocycles. The quantitative estimate of drug-likeness (QED) is 0.833. The van der Waals surface area contributed by atoms with E-state index in [0.29, 0.717) is 38.2 Å². The van der Waals surface area contributed by atoms with Gasteiger partial charge in [0.15, 0.2) is 0 Å². The zero-order valence-electron chi connectivity index (χ0n) is 14.2. The summed E-state index contributed by atoms with van der Waals surface area (Å²) in [5.74, 6) is 0.196. The molecule has 6 heteroatoms. The topological polar surface area (TPSA) is 67.7 Å². The molecule has 2 aliphatic heterocycles. The first kappa shape index (κ1) is 16.5. The number of nitriles is 1. The Bertz CT molecular complexity index is 709. The molecule has 6 nitrogen and oxygen atoms in total. The average molecular weight is 326 g/mol. The number of carbonyl (C=O) groups excluding carboxylic acids is 2. The third-order valence-corrected chi connectivity index (χ3v) is 4.85. The lowest BCUT2D eigenvalue weighted by Crippen LogP contribution is -2.38. The average Bonchev–Trinajstić information content (AvgIpc) is 3.10. The zero-order chi connectivity index (χ0) is 17.3. The summed E-state index contributed by atoms with van der Waals surface area (Å²) in [7, 11) is 3.76. The third kappa shape index (κ3) is 3.13. The van der Waals surface area contributed by atoms with Crippen molar-refractivity contribution in [2.75, 3.05) is 45.2 Å². The first-order chi connectivity index (χ1) is 11.4. The molecule has 2 heterocycles. The van der Waals surface area contributed by atoms with Crippen molar-refractivity contribution in [3.05, 3.63) is 29.8 Å². The highest BCUT2D eigenvalue weighted by atomic mass is 16.2. The minimum Gasteiger partial charge on any atom is -0.341 e. The van der Waals surface area contributed by atoms with Crippen molar-refractivity contribution in [1.29, 1.82) is 5.26 Å². The summed E-state index contributed by atoms with van der Waals surface area (Å²) in [6.45, 7) is 2.37. The molecule has 1 aromatic rings. The predicted octanol–water partition coefficient (Wildman–Crippen LogP) is 1.08. The Morgan fingerprint density at radius 1 is 1.38 bits per heavy atom. The van der Waals surface area contributed by atoms with Crippen molar-refractivity contribution >= 4 is 17.5 Å². The van der Waals surface area contributed by atoms with Crippen molar-refractivity contribution in [2.45, 2.75) is 12.8 Å². The van der Waals surface area contributed by atoms with E-state index in [1.807, 2.05) is 30.0 Å². The number of amides is 2. The van der Waals surface area contributed by atoms with E-state index < -0.39 is 0 Å². The van der Waals surface area contributed by atoms with Crippen LogP contribution in [0.25, 0.3) is 0 Å². The Hall–Kier alpha value is -2.39. The number of carbonyl (C=O) groups is 2. The van der Waals surface area contributed by atoms with Gasteiger partial charge in [0, 0.05) is 37.2 Å². The second-order valence-electron chi connectivity index (χ2n) is 7.12. The molecule has 1 spiro atoms. The molecule has 2 amide bonds. The fourth-order valence-corrected chi connectivity index (χ4v) is 3.67. The van der Waals surface area contributed by atoms with Crippen LogP contribution in [0.15, 0.2) is 24.3 Å². The summed E-state index contributed by atoms with van der Waals surface area (Å²) in [5, 5.41) is 9.04. The van der Waals surface area contributed by atoms with Gasteiger partial charge in [-0.3, -0.25) is 9.59 Å². The lowest BCUT2D eigenvalue weighted by Gasteiger charge is -2.25. The van der Waals surface area contributed by atoms with E-state index in [2.05, 4.69) is 6.07 Å². The maximum absolute atomic E-state index is 12.5. The summed E-state index contributed by atoms with van der Waals surface area (Å²) in [4.78, 5) is 30.3. The van der Waals surface area contributed by atoms with Gasteiger partial charge in [-0.05, 0) is 38.7 Å². The van der Waals surface area contributed by atoms with E-state index in [9.17, 15) is 9.59 Å². The Balaban J connectivity index is 1.73. The maximum atomic E-state index is 12.5. The van der Waals surface area contributed by atoms with Crippen molar-refractivity contribution in [3.8, 4) is 6.07 Å². The number of likely N-dealkylation sites (tertiary alicyclic amines) is 1. The minimum absolute atomic E-state index is 0.0759. The number of benzene rings is 1. The SMILES string of the molecule is CN(C)CC(=O)N1CCC2(CC(=O)N(c3cccc(C#N)c3)C2)C1. The normalized spacial score (nSPS) is 23.3. The monoisotopic (exact) mass is 326 g/mol. The summed E-state index contributed by atoms with van der Waals surface area (Å²) < 4.78 is 0. The van der Waals surface area contributed by atoms with Crippen LogP contribution < -0.4 is 4.90 Å². The molecular formula is C18H22N4O2. The van der Waals surface area contributed by atoms with Crippen LogP contribution in [0.4, 0.5) is 5.69 Å². The number of nitrogens with zero attached hydrogens (tertiary/aromatic N) is 4. The van der Waals surface area contributed by atoms with Gasteiger partial charge >= 0.3 is 0 Å².